The van der Waals surface area contributed by atoms with Gasteiger partial charge in [-0.25, -0.2) is 0 Å². The molecule has 4 aliphatic carbocycles. The third-order valence-electron chi connectivity index (χ3n) is 14.5. The Hall–Kier alpha value is -5.14. The highest BCUT2D eigenvalue weighted by molar-refractivity contribution is 6.02. The lowest BCUT2D eigenvalue weighted by atomic mass is 9.81. The van der Waals surface area contributed by atoms with E-state index >= 15 is 0 Å². The highest BCUT2D eigenvalue weighted by Crippen LogP contribution is 2.55. The summed E-state index contributed by atoms with van der Waals surface area (Å²) < 4.78 is 0. The smallest absolute Gasteiger partial charge is 0.0542 e. The number of anilines is 3. The van der Waals surface area contributed by atoms with Crippen LogP contribution >= 0.6 is 0 Å². The van der Waals surface area contributed by atoms with Crippen molar-refractivity contribution in [3.63, 3.8) is 0 Å². The maximum atomic E-state index is 2.60. The molecule has 7 aromatic carbocycles. The molecule has 3 saturated carbocycles. The van der Waals surface area contributed by atoms with Crippen LogP contribution < -0.4 is 4.90 Å². The molecule has 0 N–H and O–H groups in total. The highest BCUT2D eigenvalue weighted by atomic mass is 15.1. The Labute approximate surface area is 327 Å². The van der Waals surface area contributed by atoms with Crippen molar-refractivity contribution in [2.75, 3.05) is 4.90 Å². The van der Waals surface area contributed by atoms with Crippen LogP contribution in [0.4, 0.5) is 17.1 Å². The molecule has 2 bridgehead atoms. The minimum absolute atomic E-state index is 0.124. The molecule has 55 heavy (non-hydrogen) atoms. The van der Waals surface area contributed by atoms with E-state index in [0.29, 0.717) is 5.92 Å². The summed E-state index contributed by atoms with van der Waals surface area (Å²) in [7, 11) is 0. The van der Waals surface area contributed by atoms with E-state index in [2.05, 4.69) is 158 Å². The Balaban J connectivity index is 1.06. The zero-order valence-corrected chi connectivity index (χ0v) is 32.4. The van der Waals surface area contributed by atoms with E-state index in [4.69, 9.17) is 0 Å². The van der Waals surface area contributed by atoms with Crippen molar-refractivity contribution in [3.05, 3.63) is 162 Å². The van der Waals surface area contributed by atoms with Crippen molar-refractivity contribution in [3.8, 4) is 22.3 Å². The second-order valence-corrected chi connectivity index (χ2v) is 17.9. The molecule has 3 atom stereocenters. The monoisotopic (exact) mass is 713 g/mol. The first kappa shape index (κ1) is 33.2. The van der Waals surface area contributed by atoms with Crippen LogP contribution in [0.3, 0.4) is 0 Å². The fourth-order valence-electron chi connectivity index (χ4n) is 11.8. The van der Waals surface area contributed by atoms with Crippen LogP contribution in [-0.2, 0) is 5.41 Å². The van der Waals surface area contributed by atoms with Crippen molar-refractivity contribution in [2.24, 2.45) is 11.8 Å². The minimum Gasteiger partial charge on any atom is -0.310 e. The van der Waals surface area contributed by atoms with Gasteiger partial charge in [-0.1, -0.05) is 143 Å². The summed E-state index contributed by atoms with van der Waals surface area (Å²) >= 11 is 0. The molecular formula is C54H51N. The molecule has 0 saturated heterocycles. The van der Waals surface area contributed by atoms with Crippen LogP contribution in [0, 0.1) is 11.8 Å². The van der Waals surface area contributed by atoms with Gasteiger partial charge in [-0.05, 0) is 153 Å². The molecule has 0 radical (unpaired) electrons. The first-order valence-electron chi connectivity index (χ1n) is 21.2. The summed E-state index contributed by atoms with van der Waals surface area (Å²) in [6.07, 6.45) is 12.3. The molecular weight excluding hydrogens is 663 g/mol. The molecule has 4 aliphatic rings. The predicted molar refractivity (Wildman–Crippen MR) is 233 cm³/mol. The van der Waals surface area contributed by atoms with Gasteiger partial charge in [0.05, 0.1) is 5.69 Å². The number of rotatable bonds is 6. The van der Waals surface area contributed by atoms with Gasteiger partial charge in [-0.15, -0.1) is 0 Å². The van der Waals surface area contributed by atoms with Gasteiger partial charge in [-0.2, -0.15) is 0 Å². The molecule has 0 amide bonds. The lowest BCUT2D eigenvalue weighted by molar-refractivity contribution is 0.420. The summed E-state index contributed by atoms with van der Waals surface area (Å²) in [6, 6.07) is 53.9. The second-order valence-electron chi connectivity index (χ2n) is 17.9. The third-order valence-corrected chi connectivity index (χ3v) is 14.5. The van der Waals surface area contributed by atoms with Crippen molar-refractivity contribution in [1.29, 1.82) is 0 Å². The van der Waals surface area contributed by atoms with Gasteiger partial charge in [-0.3, -0.25) is 0 Å². The van der Waals surface area contributed by atoms with Gasteiger partial charge in [0.25, 0.3) is 0 Å². The summed E-state index contributed by atoms with van der Waals surface area (Å²) in [5.41, 5.74) is 14.9. The highest BCUT2D eigenvalue weighted by Gasteiger charge is 2.40. The van der Waals surface area contributed by atoms with Crippen LogP contribution in [0.15, 0.2) is 140 Å². The van der Waals surface area contributed by atoms with Crippen molar-refractivity contribution in [2.45, 2.75) is 88.9 Å². The number of fused-ring (bicyclic) bond motifs is 7. The molecule has 0 aliphatic heterocycles. The molecule has 272 valence electrons. The average molecular weight is 714 g/mol. The summed E-state index contributed by atoms with van der Waals surface area (Å²) in [5, 5.41) is 5.37. The van der Waals surface area contributed by atoms with Gasteiger partial charge in [0.2, 0.25) is 0 Å². The van der Waals surface area contributed by atoms with Crippen LogP contribution in [0.5, 0.6) is 0 Å². The predicted octanol–water partition coefficient (Wildman–Crippen LogP) is 15.4. The third kappa shape index (κ3) is 5.41. The number of benzene rings is 7. The van der Waals surface area contributed by atoms with Crippen LogP contribution in [0.1, 0.15) is 106 Å². The molecule has 1 heteroatoms. The number of nitrogens with zero attached hydrogens (tertiary/aromatic N) is 1. The fourth-order valence-corrected chi connectivity index (χ4v) is 11.8. The Morgan fingerprint density at radius 3 is 2.13 bits per heavy atom. The van der Waals surface area contributed by atoms with E-state index in [9.17, 15) is 0 Å². The summed E-state index contributed by atoms with van der Waals surface area (Å²) in [6.45, 7) is 4.85. The zero-order chi connectivity index (χ0) is 36.7. The second kappa shape index (κ2) is 13.0. The number of hydrogen-bond acceptors (Lipinski definition) is 1. The maximum absolute atomic E-state index is 2.60. The molecule has 3 fully saturated rings. The van der Waals surface area contributed by atoms with Crippen LogP contribution in [0.2, 0.25) is 0 Å². The summed E-state index contributed by atoms with van der Waals surface area (Å²) in [4.78, 5) is 2.60. The Bertz CT molecular complexity index is 2570. The van der Waals surface area contributed by atoms with Gasteiger partial charge < -0.3 is 4.90 Å². The topological polar surface area (TPSA) is 3.24 Å². The van der Waals surface area contributed by atoms with E-state index in [1.165, 1.54) is 135 Å². The Kier molecular flexibility index (Phi) is 7.84. The zero-order valence-electron chi connectivity index (χ0n) is 32.4. The normalized spacial score (nSPS) is 21.2. The van der Waals surface area contributed by atoms with Gasteiger partial charge in [0, 0.05) is 22.2 Å². The molecule has 0 aromatic heterocycles. The molecule has 7 aromatic rings. The quantitative estimate of drug-likeness (QED) is 0.166. The van der Waals surface area contributed by atoms with E-state index in [1.807, 2.05) is 0 Å². The van der Waals surface area contributed by atoms with Gasteiger partial charge in [0.1, 0.15) is 0 Å². The molecule has 0 spiro atoms. The standard InChI is InChI=1S/C54H51N/c1-54(2)50-30-25-41(45-18-8-14-36-13-6-7-17-44(36)45)33-49(50)47-29-28-43(34-51(47)54)55(42-26-23-38(24-27-42)48-32-35-21-22-40(48)31-35)52-20-10-16-39-15-9-19-46(53(39)52)37-11-4-3-5-12-37/h6-10,13-20,23-30,33-35,37,40,48H,3-5,11-12,21-22,31-32H2,1-2H3. The van der Waals surface area contributed by atoms with Crippen molar-refractivity contribution < 1.29 is 0 Å². The first-order valence-corrected chi connectivity index (χ1v) is 21.2. The lowest BCUT2D eigenvalue weighted by Gasteiger charge is -2.31. The average Bonchev–Trinajstić information content (AvgIpc) is 3.94. The van der Waals surface area contributed by atoms with Gasteiger partial charge in [0.15, 0.2) is 0 Å². The van der Waals surface area contributed by atoms with E-state index in [-0.39, 0.29) is 5.41 Å². The van der Waals surface area contributed by atoms with Gasteiger partial charge >= 0.3 is 0 Å². The molecule has 11 rings (SSSR count). The van der Waals surface area contributed by atoms with E-state index < -0.39 is 0 Å². The molecule has 1 nitrogen and oxygen atoms in total. The summed E-state index contributed by atoms with van der Waals surface area (Å²) in [5.74, 6) is 3.17. The minimum atomic E-state index is -0.124. The fraction of sp³-hybridized carbons (Fsp3) is 0.296. The lowest BCUT2D eigenvalue weighted by Crippen LogP contribution is -2.17. The molecule has 0 heterocycles. The Morgan fingerprint density at radius 2 is 1.31 bits per heavy atom. The molecule has 3 unspecified atom stereocenters. The van der Waals surface area contributed by atoms with Crippen LogP contribution in [0.25, 0.3) is 43.8 Å². The Morgan fingerprint density at radius 1 is 0.545 bits per heavy atom. The largest absolute Gasteiger partial charge is 0.310 e. The van der Waals surface area contributed by atoms with E-state index in [0.717, 1.165) is 17.8 Å². The SMILES string of the molecule is CC1(C)c2ccc(-c3cccc4ccccc34)cc2-c2ccc(N(c3ccc(C4CC5CCC4C5)cc3)c3cccc4cccc(C5CCCCC5)c34)cc21. The maximum Gasteiger partial charge on any atom is 0.0542 e. The van der Waals surface area contributed by atoms with Crippen molar-refractivity contribution in [1.82, 2.24) is 0 Å². The van der Waals surface area contributed by atoms with Crippen molar-refractivity contribution >= 4 is 38.6 Å². The van der Waals surface area contributed by atoms with E-state index in [1.54, 1.807) is 5.56 Å². The first-order chi connectivity index (χ1) is 27.0. The number of hydrogen-bond donors (Lipinski definition) is 0. The van der Waals surface area contributed by atoms with Crippen LogP contribution in [-0.4, -0.2) is 0 Å².